The molecule has 0 spiro atoms. The van der Waals surface area contributed by atoms with E-state index in [1.165, 1.54) is 16.9 Å². The molecular formula is C20H25BF2N2O5. The quantitative estimate of drug-likeness (QED) is 0.526. The van der Waals surface area contributed by atoms with E-state index in [-0.39, 0.29) is 12.4 Å². The van der Waals surface area contributed by atoms with Gasteiger partial charge in [0.05, 0.1) is 29.2 Å². The Morgan fingerprint density at radius 1 is 1.23 bits per heavy atom. The maximum atomic E-state index is 13.0. The predicted octanol–water partition coefficient (Wildman–Crippen LogP) is 3.26. The van der Waals surface area contributed by atoms with Crippen LogP contribution in [0.5, 0.6) is 5.75 Å². The summed E-state index contributed by atoms with van der Waals surface area (Å²) in [5.74, 6) is -0.535. The van der Waals surface area contributed by atoms with Crippen molar-refractivity contribution in [1.29, 1.82) is 0 Å². The Balaban J connectivity index is 2.02. The summed E-state index contributed by atoms with van der Waals surface area (Å²) in [6, 6.07) is 4.57. The number of ether oxygens (including phenoxy) is 2. The summed E-state index contributed by atoms with van der Waals surface area (Å²) in [4.78, 5) is 12.1. The van der Waals surface area contributed by atoms with Crippen LogP contribution in [0.3, 0.4) is 0 Å². The largest absolute Gasteiger partial charge is 0.498 e. The lowest BCUT2D eigenvalue weighted by Gasteiger charge is -2.32. The summed E-state index contributed by atoms with van der Waals surface area (Å²) in [5, 5.41) is 4.34. The van der Waals surface area contributed by atoms with Gasteiger partial charge in [0.1, 0.15) is 11.3 Å². The number of carbonyl (C=O) groups is 1. The number of rotatable bonds is 6. The van der Waals surface area contributed by atoms with E-state index < -0.39 is 30.9 Å². The van der Waals surface area contributed by atoms with Crippen molar-refractivity contribution in [3.8, 4) is 11.4 Å². The molecule has 0 unspecified atom stereocenters. The normalized spacial score (nSPS) is 17.4. The minimum Gasteiger partial charge on any atom is -0.462 e. The molecule has 1 aliphatic heterocycles. The van der Waals surface area contributed by atoms with Crippen molar-refractivity contribution >= 4 is 18.6 Å². The zero-order chi connectivity index (χ0) is 22.3. The maximum absolute atomic E-state index is 13.0. The molecule has 1 fully saturated rings. The first-order valence-electron chi connectivity index (χ1n) is 9.63. The second-order valence-electron chi connectivity index (χ2n) is 7.98. The first-order valence-corrected chi connectivity index (χ1v) is 9.63. The number of hydrogen-bond acceptors (Lipinski definition) is 6. The van der Waals surface area contributed by atoms with E-state index in [1.54, 1.807) is 26.0 Å². The molecule has 1 aromatic carbocycles. The van der Waals surface area contributed by atoms with Crippen LogP contribution >= 0.6 is 0 Å². The number of nitrogens with zero attached hydrogens (tertiary/aromatic N) is 2. The fourth-order valence-corrected chi connectivity index (χ4v) is 3.04. The molecule has 0 N–H and O–H groups in total. The smallest absolute Gasteiger partial charge is 0.462 e. The van der Waals surface area contributed by atoms with Crippen molar-refractivity contribution in [2.45, 2.75) is 59.4 Å². The van der Waals surface area contributed by atoms with Crippen molar-refractivity contribution in [1.82, 2.24) is 9.78 Å². The highest BCUT2D eigenvalue weighted by Gasteiger charge is 2.52. The lowest BCUT2D eigenvalue weighted by atomic mass is 9.78. The summed E-state index contributed by atoms with van der Waals surface area (Å²) in [5.41, 5.74) is 0.322. The van der Waals surface area contributed by atoms with E-state index in [2.05, 4.69) is 9.84 Å². The fourth-order valence-electron chi connectivity index (χ4n) is 3.04. The molecule has 2 aromatic rings. The molecule has 7 nitrogen and oxygen atoms in total. The van der Waals surface area contributed by atoms with E-state index in [0.717, 1.165) is 0 Å². The third kappa shape index (κ3) is 4.20. The van der Waals surface area contributed by atoms with Crippen LogP contribution in [0.1, 0.15) is 50.7 Å². The molecule has 30 heavy (non-hydrogen) atoms. The van der Waals surface area contributed by atoms with Gasteiger partial charge in [-0.2, -0.15) is 13.9 Å². The number of esters is 1. The second-order valence-corrected chi connectivity index (χ2v) is 7.98. The molecule has 1 aliphatic rings. The monoisotopic (exact) mass is 422 g/mol. The average Bonchev–Trinajstić information content (AvgIpc) is 3.11. The lowest BCUT2D eigenvalue weighted by molar-refractivity contribution is -0.0492. The van der Waals surface area contributed by atoms with Gasteiger partial charge >= 0.3 is 19.7 Å². The van der Waals surface area contributed by atoms with Gasteiger partial charge in [0.25, 0.3) is 0 Å². The van der Waals surface area contributed by atoms with Crippen LogP contribution in [-0.2, 0) is 14.0 Å². The van der Waals surface area contributed by atoms with Gasteiger partial charge in [0.15, 0.2) is 0 Å². The first-order chi connectivity index (χ1) is 13.9. The summed E-state index contributed by atoms with van der Waals surface area (Å²) >= 11 is 0. The Hall–Kier alpha value is -2.46. The zero-order valence-electron chi connectivity index (χ0n) is 17.9. The van der Waals surface area contributed by atoms with Crippen LogP contribution in [0.2, 0.25) is 0 Å². The molecule has 0 saturated carbocycles. The number of halogens is 2. The predicted molar refractivity (Wildman–Crippen MR) is 107 cm³/mol. The molecule has 10 heteroatoms. The SMILES string of the molecule is CCOC(=O)c1cn(-c2ccc(OC(F)F)c(B3OC(C)(C)C(C)(C)O3)c2)nc1C. The van der Waals surface area contributed by atoms with Crippen LogP contribution in [0.25, 0.3) is 5.69 Å². The van der Waals surface area contributed by atoms with Crippen molar-refractivity contribution in [3.63, 3.8) is 0 Å². The molecule has 3 rings (SSSR count). The van der Waals surface area contributed by atoms with Crippen molar-refractivity contribution < 1.29 is 32.4 Å². The minimum absolute atomic E-state index is 0.0539. The number of carbonyl (C=O) groups excluding carboxylic acids is 1. The Morgan fingerprint density at radius 3 is 2.43 bits per heavy atom. The first kappa shape index (κ1) is 22.2. The van der Waals surface area contributed by atoms with E-state index in [0.29, 0.717) is 22.4 Å². The Kier molecular flexibility index (Phi) is 5.93. The third-order valence-electron chi connectivity index (χ3n) is 5.38. The van der Waals surface area contributed by atoms with Crippen molar-refractivity contribution in [2.75, 3.05) is 6.61 Å². The highest BCUT2D eigenvalue weighted by atomic mass is 19.3. The Bertz CT molecular complexity index is 929. The molecule has 1 saturated heterocycles. The summed E-state index contributed by atoms with van der Waals surface area (Å²) in [7, 11) is -0.912. The minimum atomic E-state index is -3.00. The molecule has 0 amide bonds. The molecule has 0 aliphatic carbocycles. The molecule has 0 atom stereocenters. The standard InChI is InChI=1S/C20H25BF2N2O5/c1-7-27-17(26)14-11-25(24-12(14)2)13-8-9-16(28-18(22)23)15(10-13)21-29-19(3,4)20(5,6)30-21/h8-11,18H,7H2,1-6H3. The topological polar surface area (TPSA) is 71.8 Å². The summed E-state index contributed by atoms with van der Waals surface area (Å²) in [6.45, 7) is 8.12. The van der Waals surface area contributed by atoms with Gasteiger partial charge in [-0.1, -0.05) is 0 Å². The zero-order valence-corrected chi connectivity index (χ0v) is 17.9. The fraction of sp³-hybridized carbons (Fsp3) is 0.500. The van der Waals surface area contributed by atoms with Crippen molar-refractivity contribution in [3.05, 3.63) is 35.7 Å². The van der Waals surface area contributed by atoms with Crippen LogP contribution < -0.4 is 10.2 Å². The Labute approximate surface area is 174 Å². The van der Waals surface area contributed by atoms with Crippen LogP contribution in [0, 0.1) is 6.92 Å². The van der Waals surface area contributed by atoms with Gasteiger partial charge in [0.2, 0.25) is 0 Å². The van der Waals surface area contributed by atoms with E-state index in [1.807, 2.05) is 27.7 Å². The molecule has 2 heterocycles. The van der Waals surface area contributed by atoms with Crippen LogP contribution in [0.15, 0.2) is 24.4 Å². The lowest BCUT2D eigenvalue weighted by Crippen LogP contribution is -2.41. The number of hydrogen-bond donors (Lipinski definition) is 0. The summed E-state index contributed by atoms with van der Waals surface area (Å²) in [6.07, 6.45) is 1.53. The molecule has 0 radical (unpaired) electrons. The van der Waals surface area contributed by atoms with Gasteiger partial charge in [0, 0.05) is 11.7 Å². The average molecular weight is 422 g/mol. The Morgan fingerprint density at radius 2 is 1.87 bits per heavy atom. The third-order valence-corrected chi connectivity index (χ3v) is 5.38. The molecular weight excluding hydrogens is 397 g/mol. The van der Waals surface area contributed by atoms with Gasteiger partial charge < -0.3 is 18.8 Å². The number of aromatic nitrogens is 2. The van der Waals surface area contributed by atoms with Gasteiger partial charge in [-0.3, -0.25) is 0 Å². The second kappa shape index (κ2) is 8.00. The molecule has 1 aromatic heterocycles. The van der Waals surface area contributed by atoms with Crippen LogP contribution in [0.4, 0.5) is 8.78 Å². The maximum Gasteiger partial charge on any atom is 0.498 e. The van der Waals surface area contributed by atoms with E-state index >= 15 is 0 Å². The van der Waals surface area contributed by atoms with Crippen molar-refractivity contribution in [2.24, 2.45) is 0 Å². The highest BCUT2D eigenvalue weighted by Crippen LogP contribution is 2.37. The number of benzene rings is 1. The van der Waals surface area contributed by atoms with E-state index in [4.69, 9.17) is 14.0 Å². The molecule has 0 bridgehead atoms. The molecule has 162 valence electrons. The van der Waals surface area contributed by atoms with E-state index in [9.17, 15) is 13.6 Å². The summed E-state index contributed by atoms with van der Waals surface area (Å²) < 4.78 is 49.1. The van der Waals surface area contributed by atoms with Crippen LogP contribution in [-0.4, -0.2) is 47.3 Å². The highest BCUT2D eigenvalue weighted by molar-refractivity contribution is 6.63. The van der Waals surface area contributed by atoms with Gasteiger partial charge in [-0.15, -0.1) is 0 Å². The van der Waals surface area contributed by atoms with Gasteiger partial charge in [-0.05, 0) is 59.7 Å². The number of alkyl halides is 2. The number of aryl methyl sites for hydroxylation is 1. The van der Waals surface area contributed by atoms with Gasteiger partial charge in [-0.25, -0.2) is 9.48 Å².